The highest BCUT2D eigenvalue weighted by Crippen LogP contribution is 2.34. The maximum Gasteiger partial charge on any atom is 0.252 e. The largest absolute Gasteiger partial charge is 0.371 e. The SMILES string of the molecule is O=C(COCC1CC1)Nc1nc2ccccc2n1C1CCCCC1. The molecule has 5 heteroatoms. The van der Waals surface area contributed by atoms with Gasteiger partial charge < -0.3 is 9.30 Å². The van der Waals surface area contributed by atoms with Gasteiger partial charge >= 0.3 is 0 Å². The van der Waals surface area contributed by atoms with Gasteiger partial charge in [-0.1, -0.05) is 31.4 Å². The number of carbonyl (C=O) groups excluding carboxylic acids is 1. The van der Waals surface area contributed by atoms with E-state index in [4.69, 9.17) is 4.74 Å². The summed E-state index contributed by atoms with van der Waals surface area (Å²) in [6, 6.07) is 8.55. The first-order chi connectivity index (χ1) is 11.8. The van der Waals surface area contributed by atoms with Crippen LogP contribution in [0.5, 0.6) is 0 Å². The van der Waals surface area contributed by atoms with Gasteiger partial charge in [-0.3, -0.25) is 10.1 Å². The van der Waals surface area contributed by atoms with E-state index in [2.05, 4.69) is 20.9 Å². The van der Waals surface area contributed by atoms with Crippen molar-refractivity contribution in [3.63, 3.8) is 0 Å². The molecule has 5 nitrogen and oxygen atoms in total. The molecule has 0 radical (unpaired) electrons. The molecular formula is C19H25N3O2. The van der Waals surface area contributed by atoms with E-state index in [0.29, 0.717) is 24.5 Å². The molecule has 1 N–H and O–H groups in total. The highest BCUT2D eigenvalue weighted by Gasteiger charge is 2.23. The van der Waals surface area contributed by atoms with Crippen molar-refractivity contribution in [3.05, 3.63) is 24.3 Å². The zero-order chi connectivity index (χ0) is 16.4. The second-order valence-corrected chi connectivity index (χ2v) is 7.09. The highest BCUT2D eigenvalue weighted by molar-refractivity contribution is 5.92. The van der Waals surface area contributed by atoms with Crippen molar-refractivity contribution in [1.29, 1.82) is 0 Å². The fraction of sp³-hybridized carbons (Fsp3) is 0.579. The topological polar surface area (TPSA) is 56.1 Å². The van der Waals surface area contributed by atoms with E-state index >= 15 is 0 Å². The summed E-state index contributed by atoms with van der Waals surface area (Å²) >= 11 is 0. The summed E-state index contributed by atoms with van der Waals surface area (Å²) in [7, 11) is 0. The summed E-state index contributed by atoms with van der Waals surface area (Å²) in [6.45, 7) is 0.816. The third-order valence-corrected chi connectivity index (χ3v) is 5.07. The Bertz CT molecular complexity index is 714. The lowest BCUT2D eigenvalue weighted by atomic mass is 9.95. The second kappa shape index (κ2) is 6.93. The molecule has 1 amide bonds. The number of benzene rings is 1. The number of ether oxygens (including phenoxy) is 1. The van der Waals surface area contributed by atoms with Crippen molar-refractivity contribution in [3.8, 4) is 0 Å². The minimum Gasteiger partial charge on any atom is -0.371 e. The molecule has 4 rings (SSSR count). The van der Waals surface area contributed by atoms with Crippen LogP contribution in [0, 0.1) is 5.92 Å². The molecule has 1 aromatic heterocycles. The Hall–Kier alpha value is -1.88. The smallest absolute Gasteiger partial charge is 0.252 e. The van der Waals surface area contributed by atoms with Gasteiger partial charge in [0.15, 0.2) is 0 Å². The standard InChI is InChI=1S/C19H25N3O2/c23-18(13-24-12-14-10-11-14)21-19-20-16-8-4-5-9-17(16)22(19)15-6-2-1-3-7-15/h4-5,8-9,14-15H,1-3,6-7,10-13H2,(H,20,21,23). The summed E-state index contributed by atoms with van der Waals surface area (Å²) in [5.41, 5.74) is 2.05. The Morgan fingerprint density at radius 3 is 2.75 bits per heavy atom. The third-order valence-electron chi connectivity index (χ3n) is 5.07. The van der Waals surface area contributed by atoms with Crippen LogP contribution in [0.3, 0.4) is 0 Å². The van der Waals surface area contributed by atoms with E-state index in [9.17, 15) is 4.79 Å². The summed E-state index contributed by atoms with van der Waals surface area (Å²) in [6.07, 6.45) is 8.57. The van der Waals surface area contributed by atoms with Gasteiger partial charge in [-0.15, -0.1) is 0 Å². The number of fused-ring (bicyclic) bond motifs is 1. The van der Waals surface area contributed by atoms with Crippen molar-refractivity contribution < 1.29 is 9.53 Å². The van der Waals surface area contributed by atoms with Crippen molar-refractivity contribution in [2.24, 2.45) is 5.92 Å². The number of carbonyl (C=O) groups is 1. The summed E-state index contributed by atoms with van der Waals surface area (Å²) in [5.74, 6) is 1.23. The minimum absolute atomic E-state index is 0.108. The van der Waals surface area contributed by atoms with Crippen LogP contribution < -0.4 is 5.32 Å². The zero-order valence-corrected chi connectivity index (χ0v) is 14.0. The molecule has 1 heterocycles. The van der Waals surface area contributed by atoms with Gasteiger partial charge in [0, 0.05) is 6.04 Å². The van der Waals surface area contributed by atoms with E-state index < -0.39 is 0 Å². The van der Waals surface area contributed by atoms with E-state index in [1.807, 2.05) is 18.2 Å². The molecule has 0 spiro atoms. The van der Waals surface area contributed by atoms with Crippen molar-refractivity contribution in [2.45, 2.75) is 51.0 Å². The highest BCUT2D eigenvalue weighted by atomic mass is 16.5. The van der Waals surface area contributed by atoms with Crippen LogP contribution in [-0.4, -0.2) is 28.7 Å². The number of nitrogens with zero attached hydrogens (tertiary/aromatic N) is 2. The van der Waals surface area contributed by atoms with Crippen LogP contribution in [0.4, 0.5) is 5.95 Å². The van der Waals surface area contributed by atoms with Crippen LogP contribution >= 0.6 is 0 Å². The molecule has 24 heavy (non-hydrogen) atoms. The number of rotatable bonds is 6. The first-order valence-corrected chi connectivity index (χ1v) is 9.16. The summed E-state index contributed by atoms with van der Waals surface area (Å²) < 4.78 is 7.73. The monoisotopic (exact) mass is 327 g/mol. The summed E-state index contributed by atoms with van der Waals surface area (Å²) in [5, 5.41) is 2.98. The molecule has 0 unspecified atom stereocenters. The lowest BCUT2D eigenvalue weighted by molar-refractivity contribution is -0.120. The molecule has 1 aromatic carbocycles. The number of hydrogen-bond donors (Lipinski definition) is 1. The molecule has 0 saturated heterocycles. The van der Waals surface area contributed by atoms with Crippen LogP contribution in [-0.2, 0) is 9.53 Å². The van der Waals surface area contributed by atoms with Crippen LogP contribution in [0.25, 0.3) is 11.0 Å². The number of amides is 1. The van der Waals surface area contributed by atoms with Gasteiger partial charge in [-0.25, -0.2) is 4.98 Å². The van der Waals surface area contributed by atoms with Gasteiger partial charge in [0.2, 0.25) is 5.95 Å². The molecule has 2 fully saturated rings. The normalized spacial score (nSPS) is 18.8. The maximum atomic E-state index is 12.2. The second-order valence-electron chi connectivity index (χ2n) is 7.09. The average molecular weight is 327 g/mol. The van der Waals surface area contributed by atoms with E-state index in [1.165, 1.54) is 32.1 Å². The van der Waals surface area contributed by atoms with E-state index in [1.54, 1.807) is 0 Å². The van der Waals surface area contributed by atoms with Crippen LogP contribution in [0.15, 0.2) is 24.3 Å². The number of para-hydroxylation sites is 2. The Balaban J connectivity index is 1.52. The molecule has 2 aliphatic carbocycles. The van der Waals surface area contributed by atoms with Gasteiger partial charge in [0.05, 0.1) is 17.6 Å². The molecule has 2 aliphatic rings. The van der Waals surface area contributed by atoms with Gasteiger partial charge in [-0.05, 0) is 43.7 Å². The number of hydrogen-bond acceptors (Lipinski definition) is 3. The quantitative estimate of drug-likeness (QED) is 0.875. The minimum atomic E-state index is -0.108. The first kappa shape index (κ1) is 15.6. The summed E-state index contributed by atoms with van der Waals surface area (Å²) in [4.78, 5) is 16.9. The lowest BCUT2D eigenvalue weighted by Gasteiger charge is -2.25. The van der Waals surface area contributed by atoms with Crippen molar-refractivity contribution >= 4 is 22.9 Å². The molecule has 0 atom stereocenters. The van der Waals surface area contributed by atoms with Gasteiger partial charge in [0.25, 0.3) is 5.91 Å². The van der Waals surface area contributed by atoms with E-state index in [0.717, 1.165) is 23.9 Å². The average Bonchev–Trinajstić information content (AvgIpc) is 3.35. The Morgan fingerprint density at radius 2 is 1.96 bits per heavy atom. The number of aromatic nitrogens is 2. The van der Waals surface area contributed by atoms with Crippen molar-refractivity contribution in [1.82, 2.24) is 9.55 Å². The fourth-order valence-corrected chi connectivity index (χ4v) is 3.61. The van der Waals surface area contributed by atoms with Crippen LogP contribution in [0.2, 0.25) is 0 Å². The maximum absolute atomic E-state index is 12.2. The third kappa shape index (κ3) is 3.46. The Labute approximate surface area is 142 Å². The van der Waals surface area contributed by atoms with Gasteiger partial charge in [0.1, 0.15) is 6.61 Å². The molecular weight excluding hydrogens is 302 g/mol. The fourth-order valence-electron chi connectivity index (χ4n) is 3.61. The first-order valence-electron chi connectivity index (χ1n) is 9.16. The molecule has 0 bridgehead atoms. The van der Waals surface area contributed by atoms with Crippen molar-refractivity contribution in [2.75, 3.05) is 18.5 Å². The molecule has 2 aromatic rings. The molecule has 0 aliphatic heterocycles. The van der Waals surface area contributed by atoms with Crippen LogP contribution in [0.1, 0.15) is 51.0 Å². The number of imidazole rings is 1. The number of nitrogens with one attached hydrogen (secondary N) is 1. The number of anilines is 1. The molecule has 128 valence electrons. The predicted molar refractivity (Wildman–Crippen MR) is 94.0 cm³/mol. The predicted octanol–water partition coefficient (Wildman–Crippen LogP) is 3.91. The lowest BCUT2D eigenvalue weighted by Crippen LogP contribution is -2.23. The van der Waals surface area contributed by atoms with Gasteiger partial charge in [-0.2, -0.15) is 0 Å². The van der Waals surface area contributed by atoms with E-state index in [-0.39, 0.29) is 12.5 Å². The molecule has 2 saturated carbocycles. The Kier molecular flexibility index (Phi) is 4.52. The Morgan fingerprint density at radius 1 is 1.17 bits per heavy atom. The zero-order valence-electron chi connectivity index (χ0n) is 14.0.